The van der Waals surface area contributed by atoms with Crippen LogP contribution in [0.2, 0.25) is 0 Å². The molecule has 0 unspecified atom stereocenters. The summed E-state index contributed by atoms with van der Waals surface area (Å²) in [6.45, 7) is 1.79. The monoisotopic (exact) mass is 288 g/mol. The van der Waals surface area contributed by atoms with Crippen LogP contribution in [0.3, 0.4) is 0 Å². The molecule has 0 aromatic heterocycles. The van der Waals surface area contributed by atoms with Crippen molar-refractivity contribution >= 4 is 15.9 Å². The maximum absolute atomic E-state index is 9.24. The molecule has 0 aliphatic rings. The summed E-state index contributed by atoms with van der Waals surface area (Å²) >= 11 is 3.44. The zero-order valence-electron chi connectivity index (χ0n) is 9.79. The van der Waals surface area contributed by atoms with Crippen LogP contribution in [0.25, 0.3) is 0 Å². The highest BCUT2D eigenvalue weighted by atomic mass is 79.9. The van der Waals surface area contributed by atoms with Crippen molar-refractivity contribution in [1.82, 2.24) is 0 Å². The molecular formula is C12H17BrO3. The largest absolute Gasteiger partial charge is 0.493 e. The summed E-state index contributed by atoms with van der Waals surface area (Å²) in [5.41, 5.74) is 1.12. The second kappa shape index (κ2) is 6.11. The fraction of sp³-hybridized carbons (Fsp3) is 0.500. The number of benzene rings is 1. The van der Waals surface area contributed by atoms with Gasteiger partial charge in [-0.1, -0.05) is 0 Å². The highest BCUT2D eigenvalue weighted by molar-refractivity contribution is 9.10. The van der Waals surface area contributed by atoms with E-state index in [1.54, 1.807) is 21.1 Å². The van der Waals surface area contributed by atoms with E-state index in [2.05, 4.69) is 15.9 Å². The normalized spacial score (nSPS) is 12.3. The van der Waals surface area contributed by atoms with Crippen molar-refractivity contribution in [2.45, 2.75) is 25.9 Å². The fourth-order valence-electron chi connectivity index (χ4n) is 1.49. The highest BCUT2D eigenvalue weighted by Crippen LogP contribution is 2.36. The lowest BCUT2D eigenvalue weighted by Gasteiger charge is -2.12. The molecule has 1 aromatic rings. The van der Waals surface area contributed by atoms with Crippen LogP contribution in [-0.2, 0) is 6.42 Å². The Morgan fingerprint density at radius 1 is 1.31 bits per heavy atom. The predicted molar refractivity (Wildman–Crippen MR) is 67.2 cm³/mol. The topological polar surface area (TPSA) is 38.7 Å². The third kappa shape index (κ3) is 3.39. The van der Waals surface area contributed by atoms with E-state index in [0.717, 1.165) is 22.9 Å². The van der Waals surface area contributed by atoms with E-state index >= 15 is 0 Å². The molecule has 1 rings (SSSR count). The van der Waals surface area contributed by atoms with Crippen molar-refractivity contribution in [3.05, 3.63) is 22.2 Å². The molecule has 0 amide bonds. The van der Waals surface area contributed by atoms with E-state index in [-0.39, 0.29) is 6.10 Å². The fourth-order valence-corrected chi connectivity index (χ4v) is 2.14. The van der Waals surface area contributed by atoms with Crippen molar-refractivity contribution in [2.75, 3.05) is 14.2 Å². The summed E-state index contributed by atoms with van der Waals surface area (Å²) < 4.78 is 11.3. The molecule has 0 saturated carbocycles. The molecule has 0 aliphatic carbocycles. The lowest BCUT2D eigenvalue weighted by molar-refractivity contribution is 0.185. The van der Waals surface area contributed by atoms with Gasteiger partial charge in [-0.25, -0.2) is 0 Å². The molecule has 0 heterocycles. The summed E-state index contributed by atoms with van der Waals surface area (Å²) in [6, 6.07) is 3.93. The Morgan fingerprint density at radius 2 is 2.00 bits per heavy atom. The van der Waals surface area contributed by atoms with Gasteiger partial charge in [0.1, 0.15) is 0 Å². The average Bonchev–Trinajstić information content (AvgIpc) is 2.25. The Balaban J connectivity index is 2.92. The van der Waals surface area contributed by atoms with Crippen LogP contribution >= 0.6 is 15.9 Å². The number of halogens is 1. The molecule has 1 aromatic carbocycles. The van der Waals surface area contributed by atoms with Gasteiger partial charge in [0.2, 0.25) is 0 Å². The standard InChI is InChI=1S/C12H17BrO3/c1-8(14)4-5-9-6-10(13)12(16-3)11(7-9)15-2/h6-8,14H,4-5H2,1-3H3/t8-/m1/s1. The van der Waals surface area contributed by atoms with Gasteiger partial charge in [0, 0.05) is 0 Å². The molecular weight excluding hydrogens is 272 g/mol. The second-order valence-electron chi connectivity index (χ2n) is 3.70. The maximum atomic E-state index is 9.24. The van der Waals surface area contributed by atoms with E-state index in [0.29, 0.717) is 11.5 Å². The predicted octanol–water partition coefficient (Wildman–Crippen LogP) is 2.78. The molecule has 0 saturated heterocycles. The molecule has 0 spiro atoms. The number of hydrogen-bond donors (Lipinski definition) is 1. The molecule has 1 atom stereocenters. The molecule has 90 valence electrons. The second-order valence-corrected chi connectivity index (χ2v) is 4.56. The lowest BCUT2D eigenvalue weighted by atomic mass is 10.1. The van der Waals surface area contributed by atoms with E-state index < -0.39 is 0 Å². The molecule has 0 fully saturated rings. The number of aliphatic hydroxyl groups excluding tert-OH is 1. The van der Waals surface area contributed by atoms with Crippen LogP contribution in [-0.4, -0.2) is 25.4 Å². The van der Waals surface area contributed by atoms with Gasteiger partial charge in [0.05, 0.1) is 24.8 Å². The molecule has 4 heteroatoms. The van der Waals surface area contributed by atoms with Crippen LogP contribution in [0.5, 0.6) is 11.5 Å². The van der Waals surface area contributed by atoms with Crippen molar-refractivity contribution < 1.29 is 14.6 Å². The van der Waals surface area contributed by atoms with Gasteiger partial charge < -0.3 is 14.6 Å². The van der Waals surface area contributed by atoms with Gasteiger partial charge in [-0.3, -0.25) is 0 Å². The van der Waals surface area contributed by atoms with E-state index in [9.17, 15) is 5.11 Å². The van der Waals surface area contributed by atoms with E-state index in [4.69, 9.17) is 9.47 Å². The number of hydrogen-bond acceptors (Lipinski definition) is 3. The molecule has 0 bridgehead atoms. The summed E-state index contributed by atoms with van der Waals surface area (Å²) in [5.74, 6) is 1.40. The number of ether oxygens (including phenoxy) is 2. The van der Waals surface area contributed by atoms with Crippen LogP contribution in [0.1, 0.15) is 18.9 Å². The minimum atomic E-state index is -0.285. The van der Waals surface area contributed by atoms with Crippen molar-refractivity contribution in [3.8, 4) is 11.5 Å². The minimum Gasteiger partial charge on any atom is -0.493 e. The molecule has 0 aliphatic heterocycles. The molecule has 16 heavy (non-hydrogen) atoms. The average molecular weight is 289 g/mol. The summed E-state index contributed by atoms with van der Waals surface area (Å²) in [7, 11) is 3.22. The van der Waals surface area contributed by atoms with Crippen LogP contribution in [0.4, 0.5) is 0 Å². The Morgan fingerprint density at radius 3 is 2.50 bits per heavy atom. The molecule has 0 radical (unpaired) electrons. The summed E-state index contributed by atoms with van der Waals surface area (Å²) in [5, 5.41) is 9.24. The molecule has 3 nitrogen and oxygen atoms in total. The van der Waals surface area contributed by atoms with E-state index in [1.165, 1.54) is 0 Å². The maximum Gasteiger partial charge on any atom is 0.174 e. The Bertz CT molecular complexity index is 350. The Kier molecular flexibility index (Phi) is 5.09. The Hall–Kier alpha value is -0.740. The summed E-state index contributed by atoms with van der Waals surface area (Å²) in [6.07, 6.45) is 1.27. The van der Waals surface area contributed by atoms with Gasteiger partial charge in [0.25, 0.3) is 0 Å². The zero-order chi connectivity index (χ0) is 12.1. The summed E-state index contributed by atoms with van der Waals surface area (Å²) in [4.78, 5) is 0. The van der Waals surface area contributed by atoms with Gasteiger partial charge in [0.15, 0.2) is 11.5 Å². The van der Waals surface area contributed by atoms with Gasteiger partial charge in [-0.05, 0) is 53.4 Å². The Labute approximate surface area is 105 Å². The van der Waals surface area contributed by atoms with Crippen LogP contribution in [0.15, 0.2) is 16.6 Å². The van der Waals surface area contributed by atoms with Crippen molar-refractivity contribution in [1.29, 1.82) is 0 Å². The quantitative estimate of drug-likeness (QED) is 0.906. The third-order valence-corrected chi connectivity index (χ3v) is 2.93. The molecule has 1 N–H and O–H groups in total. The zero-order valence-corrected chi connectivity index (χ0v) is 11.4. The highest BCUT2D eigenvalue weighted by Gasteiger charge is 2.10. The van der Waals surface area contributed by atoms with Crippen LogP contribution in [0, 0.1) is 0 Å². The van der Waals surface area contributed by atoms with Gasteiger partial charge in [-0.2, -0.15) is 0 Å². The number of aryl methyl sites for hydroxylation is 1. The van der Waals surface area contributed by atoms with E-state index in [1.807, 2.05) is 12.1 Å². The first kappa shape index (κ1) is 13.3. The third-order valence-electron chi connectivity index (χ3n) is 2.34. The van der Waals surface area contributed by atoms with Gasteiger partial charge in [-0.15, -0.1) is 0 Å². The SMILES string of the molecule is COc1cc(CC[C@@H](C)O)cc(Br)c1OC. The number of aliphatic hydroxyl groups is 1. The first-order valence-electron chi connectivity index (χ1n) is 5.17. The number of rotatable bonds is 5. The van der Waals surface area contributed by atoms with Crippen LogP contribution < -0.4 is 9.47 Å². The van der Waals surface area contributed by atoms with Crippen molar-refractivity contribution in [2.24, 2.45) is 0 Å². The lowest BCUT2D eigenvalue weighted by Crippen LogP contribution is -2.02. The van der Waals surface area contributed by atoms with Crippen molar-refractivity contribution in [3.63, 3.8) is 0 Å². The first-order chi connectivity index (χ1) is 7.58. The first-order valence-corrected chi connectivity index (χ1v) is 5.96. The number of methoxy groups -OCH3 is 2. The minimum absolute atomic E-state index is 0.285. The smallest absolute Gasteiger partial charge is 0.174 e. The van der Waals surface area contributed by atoms with Gasteiger partial charge >= 0.3 is 0 Å².